The minimum Gasteiger partial charge on any atom is -0.345 e. The number of fused-ring (bicyclic) bond motifs is 11. The zero-order chi connectivity index (χ0) is 48.1. The van der Waals surface area contributed by atoms with Crippen molar-refractivity contribution in [1.82, 2.24) is 13.7 Å². The van der Waals surface area contributed by atoms with Gasteiger partial charge in [0.2, 0.25) is 6.71 Å². The molecule has 0 bridgehead atoms. The van der Waals surface area contributed by atoms with Gasteiger partial charge in [-0.05, 0) is 120 Å². The van der Waals surface area contributed by atoms with Crippen LogP contribution >= 0.6 is 0 Å². The van der Waals surface area contributed by atoms with Crippen LogP contribution in [0.1, 0.15) is 0 Å². The van der Waals surface area contributed by atoms with Gasteiger partial charge in [0.05, 0.1) is 33.1 Å². The summed E-state index contributed by atoms with van der Waals surface area (Å²) in [4.78, 5) is 4.85. The summed E-state index contributed by atoms with van der Waals surface area (Å²) >= 11 is 0. The monoisotopic (exact) mass is 931 g/mol. The Bertz CT molecular complexity index is 4370. The molecule has 5 nitrogen and oxygen atoms in total. The predicted molar refractivity (Wildman–Crippen MR) is 310 cm³/mol. The predicted octanol–water partition coefficient (Wildman–Crippen LogP) is 15.0. The van der Waals surface area contributed by atoms with E-state index in [1.54, 1.807) is 0 Å². The van der Waals surface area contributed by atoms with Crippen molar-refractivity contribution < 1.29 is 0 Å². The molecule has 0 N–H and O–H groups in total. The number of anilines is 5. The molecule has 3 aromatic heterocycles. The maximum Gasteiger partial charge on any atom is 0.249 e. The molecule has 0 saturated heterocycles. The second kappa shape index (κ2) is 16.3. The van der Waals surface area contributed by atoms with Gasteiger partial charge in [0.25, 0.3) is 0 Å². The Morgan fingerprint density at radius 2 is 0.753 bits per heavy atom. The van der Waals surface area contributed by atoms with Gasteiger partial charge in [-0.1, -0.05) is 157 Å². The van der Waals surface area contributed by atoms with E-state index in [0.29, 0.717) is 0 Å². The minimum absolute atomic E-state index is 0.0968. The lowest BCUT2D eigenvalue weighted by molar-refractivity contribution is 1.16. The van der Waals surface area contributed by atoms with Gasteiger partial charge in [-0.2, -0.15) is 0 Å². The SMILES string of the molecule is CN(c1ccccc1)c1cccc2c1B(c1ccc(-n3c4ccccc4c4ccccc43)cc1)c1ccc(-n3c4ccccc4c4cc(-n5c6ccccc6c6ccccc65)ccc43)cc1N2c1ccccc1. The van der Waals surface area contributed by atoms with Crippen LogP contribution in [0.3, 0.4) is 0 Å². The molecule has 0 aliphatic carbocycles. The Morgan fingerprint density at radius 1 is 0.315 bits per heavy atom. The average molecular weight is 932 g/mol. The summed E-state index contributed by atoms with van der Waals surface area (Å²) in [6, 6.07) is 95.9. The van der Waals surface area contributed by atoms with Crippen LogP contribution in [0.15, 0.2) is 261 Å². The molecule has 0 spiro atoms. The van der Waals surface area contributed by atoms with Crippen LogP contribution in [0.25, 0.3) is 82.5 Å². The van der Waals surface area contributed by atoms with Crippen molar-refractivity contribution in [2.45, 2.75) is 0 Å². The fraction of sp³-hybridized carbons (Fsp3) is 0.0149. The van der Waals surface area contributed by atoms with Gasteiger partial charge in [0.1, 0.15) is 0 Å². The quantitative estimate of drug-likeness (QED) is 0.149. The maximum absolute atomic E-state index is 2.49. The van der Waals surface area contributed by atoms with Crippen molar-refractivity contribution >= 4 is 117 Å². The minimum atomic E-state index is -0.0968. The molecule has 14 aromatic rings. The smallest absolute Gasteiger partial charge is 0.249 e. The lowest BCUT2D eigenvalue weighted by Gasteiger charge is -2.39. The summed E-state index contributed by atoms with van der Waals surface area (Å²) in [6.45, 7) is -0.0968. The van der Waals surface area contributed by atoms with Crippen molar-refractivity contribution in [2.75, 3.05) is 16.8 Å². The van der Waals surface area contributed by atoms with Crippen LogP contribution in [0.4, 0.5) is 28.4 Å². The Kier molecular flexibility index (Phi) is 9.20. The number of rotatable bonds is 7. The van der Waals surface area contributed by atoms with Gasteiger partial charge in [-0.15, -0.1) is 0 Å². The van der Waals surface area contributed by atoms with E-state index >= 15 is 0 Å². The number of hydrogen-bond donors (Lipinski definition) is 0. The zero-order valence-corrected chi connectivity index (χ0v) is 40.1. The molecule has 6 heteroatoms. The average Bonchev–Trinajstić information content (AvgIpc) is 4.10. The lowest BCUT2D eigenvalue weighted by Crippen LogP contribution is -2.58. The van der Waals surface area contributed by atoms with E-state index in [1.807, 2.05) is 0 Å². The Morgan fingerprint density at radius 3 is 1.32 bits per heavy atom. The first kappa shape index (κ1) is 41.3. The molecule has 0 amide bonds. The third-order valence-corrected chi connectivity index (χ3v) is 15.5. The first-order valence-electron chi connectivity index (χ1n) is 25.2. The first-order chi connectivity index (χ1) is 36.2. The van der Waals surface area contributed by atoms with Gasteiger partial charge >= 0.3 is 0 Å². The summed E-state index contributed by atoms with van der Waals surface area (Å²) in [5.74, 6) is 0. The molecule has 0 atom stereocenters. The van der Waals surface area contributed by atoms with Crippen LogP contribution in [0.5, 0.6) is 0 Å². The van der Waals surface area contributed by atoms with E-state index in [9.17, 15) is 0 Å². The van der Waals surface area contributed by atoms with Crippen LogP contribution in [0, 0.1) is 0 Å². The van der Waals surface area contributed by atoms with Gasteiger partial charge < -0.3 is 23.5 Å². The topological polar surface area (TPSA) is 21.3 Å². The number of aromatic nitrogens is 3. The molecule has 73 heavy (non-hydrogen) atoms. The molecule has 11 aromatic carbocycles. The highest BCUT2D eigenvalue weighted by Gasteiger charge is 2.38. The van der Waals surface area contributed by atoms with Crippen LogP contribution in [0.2, 0.25) is 0 Å². The number of hydrogen-bond acceptors (Lipinski definition) is 2. The van der Waals surface area contributed by atoms with Crippen molar-refractivity contribution in [1.29, 1.82) is 0 Å². The first-order valence-corrected chi connectivity index (χ1v) is 25.2. The Hall–Kier alpha value is -9.52. The fourth-order valence-electron chi connectivity index (χ4n) is 12.3. The van der Waals surface area contributed by atoms with E-state index in [0.717, 1.165) is 51.0 Å². The van der Waals surface area contributed by atoms with Crippen molar-refractivity contribution in [3.05, 3.63) is 261 Å². The summed E-state index contributed by atoms with van der Waals surface area (Å²) in [6.07, 6.45) is 0. The summed E-state index contributed by atoms with van der Waals surface area (Å²) in [5.41, 5.74) is 20.0. The van der Waals surface area contributed by atoms with E-state index in [4.69, 9.17) is 0 Å². The van der Waals surface area contributed by atoms with Gasteiger partial charge in [-0.3, -0.25) is 0 Å². The van der Waals surface area contributed by atoms with Crippen LogP contribution < -0.4 is 26.2 Å². The Labute approximate surface area is 423 Å². The fourth-order valence-corrected chi connectivity index (χ4v) is 12.3. The molecular weight excluding hydrogens is 886 g/mol. The summed E-state index contributed by atoms with van der Waals surface area (Å²) in [5, 5.41) is 7.47. The lowest BCUT2D eigenvalue weighted by atomic mass is 9.34. The molecule has 0 unspecified atom stereocenters. The summed E-state index contributed by atoms with van der Waals surface area (Å²) in [7, 11) is 2.20. The zero-order valence-electron chi connectivity index (χ0n) is 40.1. The molecule has 4 heterocycles. The second-order valence-electron chi connectivity index (χ2n) is 19.3. The molecule has 0 saturated carbocycles. The third-order valence-electron chi connectivity index (χ3n) is 15.5. The van der Waals surface area contributed by atoms with E-state index < -0.39 is 0 Å². The molecule has 342 valence electrons. The van der Waals surface area contributed by atoms with Gasteiger partial charge in [-0.25, -0.2) is 0 Å². The van der Waals surface area contributed by atoms with Crippen LogP contribution in [-0.4, -0.2) is 27.5 Å². The molecule has 0 fully saturated rings. The molecule has 0 radical (unpaired) electrons. The van der Waals surface area contributed by atoms with E-state index in [1.165, 1.54) is 76.3 Å². The highest BCUT2D eigenvalue weighted by molar-refractivity contribution is 6.99. The highest BCUT2D eigenvalue weighted by atomic mass is 15.2. The second-order valence-corrected chi connectivity index (χ2v) is 19.3. The van der Waals surface area contributed by atoms with Crippen molar-refractivity contribution in [2.24, 2.45) is 0 Å². The van der Waals surface area contributed by atoms with Crippen molar-refractivity contribution in [3.63, 3.8) is 0 Å². The molecule has 1 aliphatic heterocycles. The van der Waals surface area contributed by atoms with E-state index in [-0.39, 0.29) is 6.71 Å². The maximum atomic E-state index is 2.49. The number of para-hydroxylation sites is 7. The molecule has 1 aliphatic rings. The highest BCUT2D eigenvalue weighted by Crippen LogP contribution is 2.42. The number of benzene rings is 11. The van der Waals surface area contributed by atoms with Crippen LogP contribution in [-0.2, 0) is 0 Å². The molecule has 15 rings (SSSR count). The normalized spacial score (nSPS) is 12.4. The van der Waals surface area contributed by atoms with Crippen molar-refractivity contribution in [3.8, 4) is 17.1 Å². The van der Waals surface area contributed by atoms with E-state index in [2.05, 4.69) is 291 Å². The standard InChI is InChI=1S/C67H46BN5/c1-69(46-19-4-2-5-20-46)64-33-18-34-65-67(64)68(45-35-37-48(38-36-45)70-58-28-13-8-23-51(58)52-24-9-14-29-59(52)70)57-41-39-50(44-66(57)71(65)47-21-6-3-7-22-47)73-62-32-17-12-27-55(62)56-43-49(40-42-63(56)73)72-60-30-15-10-25-53(60)54-26-11-16-31-61(54)72/h2-44H,1H3. The summed E-state index contributed by atoms with van der Waals surface area (Å²) < 4.78 is 7.30. The Balaban J connectivity index is 0.950. The number of nitrogens with zero attached hydrogens (tertiary/aromatic N) is 5. The largest absolute Gasteiger partial charge is 0.345 e. The molecular formula is C67H46BN5. The third kappa shape index (κ3) is 6.23. The van der Waals surface area contributed by atoms with Gasteiger partial charge in [0.15, 0.2) is 0 Å². The van der Waals surface area contributed by atoms with Gasteiger partial charge in [0, 0.05) is 84.9 Å².